The highest BCUT2D eigenvalue weighted by molar-refractivity contribution is 5.76. The Morgan fingerprint density at radius 3 is 2.96 bits per heavy atom. The number of imidazole rings is 1. The Morgan fingerprint density at radius 2 is 2.23 bits per heavy atom. The van der Waals surface area contributed by atoms with Crippen molar-refractivity contribution in [1.82, 2.24) is 19.5 Å². The molecule has 1 aliphatic carbocycles. The lowest BCUT2D eigenvalue weighted by molar-refractivity contribution is 0.592. The molecule has 1 fully saturated rings. The van der Waals surface area contributed by atoms with Crippen LogP contribution in [0.1, 0.15) is 37.2 Å². The van der Waals surface area contributed by atoms with Crippen molar-refractivity contribution in [2.24, 2.45) is 5.92 Å². The zero-order valence-corrected chi connectivity index (χ0v) is 14.3. The first-order valence-electron chi connectivity index (χ1n) is 8.49. The third-order valence-electron chi connectivity index (χ3n) is 4.61. The Balaban J connectivity index is 1.73. The van der Waals surface area contributed by atoms with E-state index in [4.69, 9.17) is 5.73 Å². The van der Waals surface area contributed by atoms with E-state index in [1.165, 1.54) is 31.3 Å². The van der Waals surface area contributed by atoms with E-state index in [0.717, 1.165) is 17.9 Å². The average molecular weight is 351 g/mol. The van der Waals surface area contributed by atoms with Crippen LogP contribution in [-0.2, 0) is 6.54 Å². The lowest BCUT2D eigenvalue weighted by Gasteiger charge is -2.17. The quantitative estimate of drug-likeness (QED) is 0.732. The standard InChI is InChI=1S/C18H18FN7/c1-10(24-17-13(7-20)16(21)22-9-23-17)18-25-14-6-12(19)4-5-15(14)26(18)8-11-2-3-11/h4-6,9-11H,2-3,8H2,1H3,(H3,21,22,23,24). The number of nitrogens with one attached hydrogen (secondary N) is 1. The highest BCUT2D eigenvalue weighted by atomic mass is 19.1. The molecule has 3 N–H and O–H groups in total. The van der Waals surface area contributed by atoms with Gasteiger partial charge in [0.05, 0.1) is 17.1 Å². The number of aromatic nitrogens is 4. The Hall–Kier alpha value is -3.21. The van der Waals surface area contributed by atoms with E-state index in [1.54, 1.807) is 6.07 Å². The van der Waals surface area contributed by atoms with Gasteiger partial charge in [0.15, 0.2) is 0 Å². The van der Waals surface area contributed by atoms with Crippen LogP contribution in [-0.4, -0.2) is 19.5 Å². The molecule has 0 spiro atoms. The molecule has 0 radical (unpaired) electrons. The number of nitrogen functional groups attached to an aromatic ring is 1. The van der Waals surface area contributed by atoms with Gasteiger partial charge in [-0.15, -0.1) is 0 Å². The van der Waals surface area contributed by atoms with Gasteiger partial charge in [-0.3, -0.25) is 0 Å². The Kier molecular flexibility index (Phi) is 3.92. The van der Waals surface area contributed by atoms with Gasteiger partial charge in [0.2, 0.25) is 0 Å². The summed E-state index contributed by atoms with van der Waals surface area (Å²) in [5.41, 5.74) is 7.49. The highest BCUT2D eigenvalue weighted by Gasteiger charge is 2.26. The minimum Gasteiger partial charge on any atom is -0.382 e. The number of halogens is 1. The number of fused-ring (bicyclic) bond motifs is 1. The van der Waals surface area contributed by atoms with Crippen LogP contribution < -0.4 is 11.1 Å². The molecule has 0 bridgehead atoms. The van der Waals surface area contributed by atoms with Crippen LogP contribution >= 0.6 is 0 Å². The summed E-state index contributed by atoms with van der Waals surface area (Å²) in [7, 11) is 0. The summed E-state index contributed by atoms with van der Waals surface area (Å²) >= 11 is 0. The number of hydrogen-bond acceptors (Lipinski definition) is 6. The van der Waals surface area contributed by atoms with Crippen LogP contribution in [0.25, 0.3) is 11.0 Å². The van der Waals surface area contributed by atoms with E-state index in [2.05, 4.69) is 24.8 Å². The number of benzene rings is 1. The van der Waals surface area contributed by atoms with E-state index < -0.39 is 0 Å². The molecule has 1 atom stereocenters. The maximum Gasteiger partial charge on any atom is 0.150 e. The molecule has 3 aromatic rings. The first-order chi connectivity index (χ1) is 12.6. The number of nitrogens with zero attached hydrogens (tertiary/aromatic N) is 5. The predicted octanol–water partition coefficient (Wildman–Crippen LogP) is 3.00. The van der Waals surface area contributed by atoms with E-state index in [1.807, 2.05) is 13.0 Å². The number of anilines is 2. The molecule has 0 aliphatic heterocycles. The summed E-state index contributed by atoms with van der Waals surface area (Å²) in [6.07, 6.45) is 3.71. The first-order valence-corrected chi connectivity index (χ1v) is 8.49. The molecule has 1 unspecified atom stereocenters. The molecule has 0 saturated heterocycles. The molecule has 132 valence electrons. The number of nitrogens with two attached hydrogens (primary N) is 1. The first kappa shape index (κ1) is 16.3. The molecule has 7 nitrogen and oxygen atoms in total. The lowest BCUT2D eigenvalue weighted by atomic mass is 10.2. The average Bonchev–Trinajstić information content (AvgIpc) is 3.36. The van der Waals surface area contributed by atoms with Crippen molar-refractivity contribution in [3.8, 4) is 6.07 Å². The van der Waals surface area contributed by atoms with Gasteiger partial charge in [0.1, 0.15) is 41.2 Å². The van der Waals surface area contributed by atoms with Gasteiger partial charge in [0, 0.05) is 12.6 Å². The second-order valence-corrected chi connectivity index (χ2v) is 6.62. The van der Waals surface area contributed by atoms with E-state index in [-0.39, 0.29) is 23.2 Å². The second kappa shape index (κ2) is 6.26. The molecule has 2 heterocycles. The van der Waals surface area contributed by atoms with Crippen LogP contribution in [0, 0.1) is 23.1 Å². The van der Waals surface area contributed by atoms with Crippen LogP contribution in [0.4, 0.5) is 16.0 Å². The van der Waals surface area contributed by atoms with Gasteiger partial charge in [-0.25, -0.2) is 19.3 Å². The molecule has 0 amide bonds. The second-order valence-electron chi connectivity index (χ2n) is 6.62. The summed E-state index contributed by atoms with van der Waals surface area (Å²) < 4.78 is 15.7. The molecular formula is C18H18FN7. The van der Waals surface area contributed by atoms with Gasteiger partial charge in [-0.2, -0.15) is 5.26 Å². The SMILES string of the molecule is CC(Nc1ncnc(N)c1C#N)c1nc2cc(F)ccc2n1CC1CC1. The largest absolute Gasteiger partial charge is 0.382 e. The Bertz CT molecular complexity index is 1020. The third kappa shape index (κ3) is 2.92. The normalized spacial score (nSPS) is 15.0. The lowest BCUT2D eigenvalue weighted by Crippen LogP contribution is -2.16. The fourth-order valence-electron chi connectivity index (χ4n) is 3.09. The van der Waals surface area contributed by atoms with Gasteiger partial charge in [-0.05, 0) is 37.8 Å². The number of rotatable bonds is 5. The number of hydrogen-bond donors (Lipinski definition) is 2. The molecule has 26 heavy (non-hydrogen) atoms. The summed E-state index contributed by atoms with van der Waals surface area (Å²) in [6.45, 7) is 2.78. The van der Waals surface area contributed by atoms with Crippen LogP contribution in [0.3, 0.4) is 0 Å². The van der Waals surface area contributed by atoms with Crippen molar-refractivity contribution in [1.29, 1.82) is 5.26 Å². The van der Waals surface area contributed by atoms with Crippen molar-refractivity contribution in [3.05, 3.63) is 41.7 Å². The topological polar surface area (TPSA) is 105 Å². The maximum atomic E-state index is 13.6. The van der Waals surface area contributed by atoms with Crippen molar-refractivity contribution < 1.29 is 4.39 Å². The molecule has 1 aromatic carbocycles. The fourth-order valence-corrected chi connectivity index (χ4v) is 3.09. The minimum absolute atomic E-state index is 0.130. The van der Waals surface area contributed by atoms with E-state index in [0.29, 0.717) is 17.3 Å². The third-order valence-corrected chi connectivity index (χ3v) is 4.61. The summed E-state index contributed by atoms with van der Waals surface area (Å²) in [5.74, 6) is 1.59. The monoisotopic (exact) mass is 351 g/mol. The Labute approximate surface area is 149 Å². The molecular weight excluding hydrogens is 333 g/mol. The molecule has 4 rings (SSSR count). The summed E-state index contributed by atoms with van der Waals surface area (Å²) in [5, 5.41) is 12.5. The van der Waals surface area contributed by atoms with E-state index in [9.17, 15) is 9.65 Å². The van der Waals surface area contributed by atoms with Crippen molar-refractivity contribution >= 4 is 22.7 Å². The molecule has 1 saturated carbocycles. The van der Waals surface area contributed by atoms with Crippen molar-refractivity contribution in [3.63, 3.8) is 0 Å². The number of nitriles is 1. The van der Waals surface area contributed by atoms with Crippen LogP contribution in [0.5, 0.6) is 0 Å². The van der Waals surface area contributed by atoms with Gasteiger partial charge >= 0.3 is 0 Å². The minimum atomic E-state index is -0.309. The van der Waals surface area contributed by atoms with Gasteiger partial charge < -0.3 is 15.6 Å². The highest BCUT2D eigenvalue weighted by Crippen LogP contribution is 2.34. The van der Waals surface area contributed by atoms with E-state index >= 15 is 0 Å². The van der Waals surface area contributed by atoms with Gasteiger partial charge in [0.25, 0.3) is 0 Å². The maximum absolute atomic E-state index is 13.6. The van der Waals surface area contributed by atoms with Gasteiger partial charge in [-0.1, -0.05) is 0 Å². The van der Waals surface area contributed by atoms with Crippen molar-refractivity contribution in [2.75, 3.05) is 11.1 Å². The fraction of sp³-hybridized carbons (Fsp3) is 0.333. The Morgan fingerprint density at radius 1 is 1.42 bits per heavy atom. The summed E-state index contributed by atoms with van der Waals surface area (Å²) in [4.78, 5) is 12.6. The molecule has 1 aliphatic rings. The van der Waals surface area contributed by atoms with Crippen LogP contribution in [0.2, 0.25) is 0 Å². The zero-order chi connectivity index (χ0) is 18.3. The summed E-state index contributed by atoms with van der Waals surface area (Å²) in [6, 6.07) is 6.44. The smallest absolute Gasteiger partial charge is 0.150 e. The zero-order valence-electron chi connectivity index (χ0n) is 14.3. The molecule has 2 aromatic heterocycles. The predicted molar refractivity (Wildman–Crippen MR) is 95.6 cm³/mol. The van der Waals surface area contributed by atoms with Crippen LogP contribution in [0.15, 0.2) is 24.5 Å². The molecule has 8 heteroatoms. The van der Waals surface area contributed by atoms with Crippen molar-refractivity contribution in [2.45, 2.75) is 32.4 Å².